The molecule has 0 aliphatic rings. The molecule has 7 heteroatoms. The lowest BCUT2D eigenvalue weighted by Gasteiger charge is -1.97. The van der Waals surface area contributed by atoms with Crippen molar-refractivity contribution in [1.82, 2.24) is 29.7 Å². The minimum atomic E-state index is 0.612. The summed E-state index contributed by atoms with van der Waals surface area (Å²) in [5.41, 5.74) is 2.67. The standard InChI is InChI=1S/C16H12N6S/c1-11-16(23-15(20-11)12-4-2-6-17-10-12)22-9-5-13(21-22)14-18-7-3-8-19-14/h2-10H,1H3. The second-order valence-corrected chi connectivity index (χ2v) is 5.85. The van der Waals surface area contributed by atoms with E-state index in [1.807, 2.05) is 42.2 Å². The van der Waals surface area contributed by atoms with Crippen LogP contribution in [0.25, 0.3) is 27.1 Å². The summed E-state index contributed by atoms with van der Waals surface area (Å²) in [6.45, 7) is 1.98. The van der Waals surface area contributed by atoms with Crippen molar-refractivity contribution < 1.29 is 0 Å². The zero-order valence-electron chi connectivity index (χ0n) is 12.3. The lowest BCUT2D eigenvalue weighted by molar-refractivity contribution is 0.883. The van der Waals surface area contributed by atoms with Crippen molar-refractivity contribution in [3.8, 4) is 27.1 Å². The van der Waals surface area contributed by atoms with Gasteiger partial charge in [0, 0.05) is 36.5 Å². The van der Waals surface area contributed by atoms with E-state index in [9.17, 15) is 0 Å². The summed E-state index contributed by atoms with van der Waals surface area (Å²) in [6.07, 6.45) is 8.89. The highest BCUT2D eigenvalue weighted by atomic mass is 32.1. The Labute approximate surface area is 136 Å². The number of aromatic nitrogens is 6. The van der Waals surface area contributed by atoms with Crippen molar-refractivity contribution in [2.45, 2.75) is 6.92 Å². The van der Waals surface area contributed by atoms with Gasteiger partial charge in [0.2, 0.25) is 0 Å². The highest BCUT2D eigenvalue weighted by Gasteiger charge is 2.13. The van der Waals surface area contributed by atoms with E-state index in [2.05, 4.69) is 25.0 Å². The molecule has 0 unspecified atom stereocenters. The summed E-state index contributed by atoms with van der Waals surface area (Å²) in [4.78, 5) is 17.2. The van der Waals surface area contributed by atoms with Crippen LogP contribution < -0.4 is 0 Å². The van der Waals surface area contributed by atoms with E-state index in [0.717, 1.165) is 27.0 Å². The minimum Gasteiger partial charge on any atom is -0.264 e. The van der Waals surface area contributed by atoms with Crippen LogP contribution in [0.5, 0.6) is 0 Å². The molecule has 0 saturated heterocycles. The largest absolute Gasteiger partial charge is 0.264 e. The average Bonchev–Trinajstić information content (AvgIpc) is 3.23. The smallest absolute Gasteiger partial charge is 0.180 e. The number of aryl methyl sites for hydroxylation is 1. The van der Waals surface area contributed by atoms with Gasteiger partial charge in [-0.15, -0.1) is 0 Å². The molecule has 4 aromatic rings. The maximum atomic E-state index is 4.63. The van der Waals surface area contributed by atoms with Crippen molar-refractivity contribution in [1.29, 1.82) is 0 Å². The van der Waals surface area contributed by atoms with Gasteiger partial charge in [-0.1, -0.05) is 11.3 Å². The molecule has 4 aromatic heterocycles. The van der Waals surface area contributed by atoms with Gasteiger partial charge in [0.1, 0.15) is 15.7 Å². The molecule has 112 valence electrons. The SMILES string of the molecule is Cc1nc(-c2cccnc2)sc1-n1ccc(-c2ncccn2)n1. The fraction of sp³-hybridized carbons (Fsp3) is 0.0625. The number of hydrogen-bond donors (Lipinski definition) is 0. The first kappa shape index (κ1) is 13.7. The number of rotatable bonds is 3. The number of hydrogen-bond acceptors (Lipinski definition) is 6. The van der Waals surface area contributed by atoms with Gasteiger partial charge in [-0.25, -0.2) is 19.6 Å². The molecule has 0 atom stereocenters. The Morgan fingerprint density at radius 1 is 1.04 bits per heavy atom. The monoisotopic (exact) mass is 320 g/mol. The van der Waals surface area contributed by atoms with Crippen LogP contribution in [0.15, 0.2) is 55.2 Å². The molecule has 0 bridgehead atoms. The second-order valence-electron chi connectivity index (χ2n) is 4.87. The molecule has 0 saturated carbocycles. The fourth-order valence-electron chi connectivity index (χ4n) is 2.20. The van der Waals surface area contributed by atoms with Crippen molar-refractivity contribution in [3.05, 3.63) is 60.9 Å². The summed E-state index contributed by atoms with van der Waals surface area (Å²) in [5, 5.41) is 6.47. The lowest BCUT2D eigenvalue weighted by atomic mass is 10.3. The molecular formula is C16H12N6S. The molecule has 0 amide bonds. The minimum absolute atomic E-state index is 0.612. The van der Waals surface area contributed by atoms with Crippen molar-refractivity contribution in [2.24, 2.45) is 0 Å². The number of nitrogens with zero attached hydrogens (tertiary/aromatic N) is 6. The Bertz CT molecular complexity index is 930. The van der Waals surface area contributed by atoms with Crippen LogP contribution >= 0.6 is 11.3 Å². The van der Waals surface area contributed by atoms with Crippen molar-refractivity contribution in [3.63, 3.8) is 0 Å². The Morgan fingerprint density at radius 3 is 2.70 bits per heavy atom. The maximum absolute atomic E-state index is 4.63. The fourth-order valence-corrected chi connectivity index (χ4v) is 3.19. The van der Waals surface area contributed by atoms with Gasteiger partial charge in [0.05, 0.1) is 5.69 Å². The van der Waals surface area contributed by atoms with E-state index in [1.165, 1.54) is 0 Å². The van der Waals surface area contributed by atoms with Gasteiger partial charge < -0.3 is 0 Å². The predicted molar refractivity (Wildman–Crippen MR) is 88.2 cm³/mol. The van der Waals surface area contributed by atoms with E-state index in [0.29, 0.717) is 5.82 Å². The van der Waals surface area contributed by atoms with Crippen LogP contribution in [-0.4, -0.2) is 29.7 Å². The van der Waals surface area contributed by atoms with Gasteiger partial charge in [-0.05, 0) is 31.2 Å². The summed E-state index contributed by atoms with van der Waals surface area (Å²) < 4.78 is 1.82. The Balaban J connectivity index is 1.72. The summed E-state index contributed by atoms with van der Waals surface area (Å²) in [7, 11) is 0. The first-order valence-electron chi connectivity index (χ1n) is 7.02. The molecule has 0 N–H and O–H groups in total. The number of thiazole rings is 1. The van der Waals surface area contributed by atoms with Crippen molar-refractivity contribution >= 4 is 11.3 Å². The first-order chi connectivity index (χ1) is 11.3. The average molecular weight is 320 g/mol. The predicted octanol–water partition coefficient (Wildman–Crippen LogP) is 3.16. The second kappa shape index (κ2) is 5.69. The summed E-state index contributed by atoms with van der Waals surface area (Å²) >= 11 is 1.58. The third kappa shape index (κ3) is 2.62. The van der Waals surface area contributed by atoms with E-state index in [4.69, 9.17) is 0 Å². The molecule has 0 radical (unpaired) electrons. The summed E-state index contributed by atoms with van der Waals surface area (Å²) in [6, 6.07) is 7.60. The van der Waals surface area contributed by atoms with Crippen LogP contribution in [-0.2, 0) is 0 Å². The van der Waals surface area contributed by atoms with E-state index >= 15 is 0 Å². The van der Waals surface area contributed by atoms with Crippen LogP contribution in [0.3, 0.4) is 0 Å². The maximum Gasteiger partial charge on any atom is 0.180 e. The normalized spacial score (nSPS) is 10.8. The molecule has 0 spiro atoms. The van der Waals surface area contributed by atoms with Gasteiger partial charge in [-0.3, -0.25) is 4.98 Å². The van der Waals surface area contributed by atoms with Crippen molar-refractivity contribution in [2.75, 3.05) is 0 Å². The molecule has 23 heavy (non-hydrogen) atoms. The van der Waals surface area contributed by atoms with Gasteiger partial charge >= 0.3 is 0 Å². The molecule has 4 rings (SSSR count). The van der Waals surface area contributed by atoms with E-state index < -0.39 is 0 Å². The highest BCUT2D eigenvalue weighted by Crippen LogP contribution is 2.30. The Morgan fingerprint density at radius 2 is 1.91 bits per heavy atom. The quantitative estimate of drug-likeness (QED) is 0.580. The molecule has 0 aliphatic carbocycles. The van der Waals surface area contributed by atoms with Crippen LogP contribution in [0.1, 0.15) is 5.69 Å². The topological polar surface area (TPSA) is 69.4 Å². The molecular weight excluding hydrogens is 308 g/mol. The van der Waals surface area contributed by atoms with Gasteiger partial charge in [0.25, 0.3) is 0 Å². The van der Waals surface area contributed by atoms with E-state index in [1.54, 1.807) is 36.0 Å². The highest BCUT2D eigenvalue weighted by molar-refractivity contribution is 7.17. The summed E-state index contributed by atoms with van der Waals surface area (Å²) in [5.74, 6) is 0.612. The van der Waals surface area contributed by atoms with Crippen LogP contribution in [0.4, 0.5) is 0 Å². The zero-order chi connectivity index (χ0) is 15.6. The van der Waals surface area contributed by atoms with Crippen LogP contribution in [0.2, 0.25) is 0 Å². The lowest BCUT2D eigenvalue weighted by Crippen LogP contribution is -1.95. The molecule has 0 fully saturated rings. The third-order valence-corrected chi connectivity index (χ3v) is 4.47. The zero-order valence-corrected chi connectivity index (χ0v) is 13.1. The molecule has 4 heterocycles. The van der Waals surface area contributed by atoms with Crippen LogP contribution in [0, 0.1) is 6.92 Å². The number of pyridine rings is 1. The molecule has 0 aromatic carbocycles. The third-order valence-electron chi connectivity index (χ3n) is 3.27. The Hall–Kier alpha value is -2.93. The van der Waals surface area contributed by atoms with E-state index in [-0.39, 0.29) is 0 Å². The Kier molecular flexibility index (Phi) is 3.39. The van der Waals surface area contributed by atoms with Gasteiger partial charge in [0.15, 0.2) is 5.82 Å². The molecule has 0 aliphatic heterocycles. The van der Waals surface area contributed by atoms with Gasteiger partial charge in [-0.2, -0.15) is 5.10 Å². The first-order valence-corrected chi connectivity index (χ1v) is 7.84. The molecule has 6 nitrogen and oxygen atoms in total.